The van der Waals surface area contributed by atoms with Gasteiger partial charge in [0.2, 0.25) is 29.3 Å². The standard InChI is InChI=1S/C40H45ClN8O7.C39H46N14O3/c1-24(50)45-34-23-48(3)37(46-34)39(54)44-15-12-35(52)42-13-6-16-47(2)17-7-14-43-38(53)26-10-11-28-29(18-26)36-27(21-41)22-49(30(36)20-31(28)51)40(55)33-19-25-8-4-5-9-32(25)56-33;1-25-43-31(22-48(25)2)46-39(56)37-45-32(23-50(37)4)47-38(55)36-44-30(21-49(36)3)41-14-8-16-52-19-17-51(18-20-52)15-7-13-40-27-11-12-28-34-33(27)35(54)26-9-5-6-10-29(26)53(34)24-42-28/h4-5,8-11,18-20,23,27,51H,6-7,12-17,21-22H2,1-3H3,(H,42,52)(H,43,53)(H,44,54)(H,45,50);5-6,9-12,21-24,40-41H,7-8,13-20H2,1-4H3,(H,46,56)(H,47,55). The van der Waals surface area contributed by atoms with Gasteiger partial charge in [0.25, 0.3) is 29.5 Å². The van der Waals surface area contributed by atoms with Gasteiger partial charge in [-0.3, -0.25) is 42.8 Å². The van der Waals surface area contributed by atoms with Crippen LogP contribution in [0.15, 0.2) is 131 Å². The van der Waals surface area contributed by atoms with Crippen LogP contribution >= 0.6 is 11.6 Å². The number of anilines is 6. The number of phenolic OH excluding ortho intramolecular Hbond substituents is 1. The molecule has 1 unspecified atom stereocenters. The van der Waals surface area contributed by atoms with Crippen molar-refractivity contribution < 1.29 is 43.1 Å². The third kappa shape index (κ3) is 17.8. The number of imidazole rings is 5. The molecule has 7 amide bonds. The van der Waals surface area contributed by atoms with E-state index in [0.29, 0.717) is 76.1 Å². The van der Waals surface area contributed by atoms with E-state index < -0.39 is 17.7 Å². The number of hydrogen-bond donors (Lipinski definition) is 9. The van der Waals surface area contributed by atoms with Crippen LogP contribution in [0.3, 0.4) is 0 Å². The van der Waals surface area contributed by atoms with E-state index in [1.165, 1.54) is 17.7 Å². The highest BCUT2D eigenvalue weighted by molar-refractivity contribution is 6.19. The molecule has 584 valence electrons. The first-order valence-electron chi connectivity index (χ1n) is 37.3. The van der Waals surface area contributed by atoms with Gasteiger partial charge in [-0.05, 0) is 131 Å². The van der Waals surface area contributed by atoms with Gasteiger partial charge < -0.3 is 89.9 Å². The van der Waals surface area contributed by atoms with Crippen molar-refractivity contribution >= 4 is 137 Å². The average molecular weight is 1540 g/mol. The molecule has 2 aliphatic rings. The molecule has 7 aromatic heterocycles. The number of carbonyl (C=O) groups is 7. The Morgan fingerprint density at radius 3 is 1.89 bits per heavy atom. The minimum atomic E-state index is -0.447. The highest BCUT2D eigenvalue weighted by atomic mass is 35.5. The first-order chi connectivity index (χ1) is 54.0. The van der Waals surface area contributed by atoms with Crippen LogP contribution in [0.1, 0.15) is 109 Å². The number of amides is 7. The van der Waals surface area contributed by atoms with E-state index in [1.807, 2.05) is 80.0 Å². The molecule has 0 radical (unpaired) electrons. The number of furan rings is 1. The predicted octanol–water partition coefficient (Wildman–Crippen LogP) is 7.72. The number of aryl methyl sites for hydroxylation is 5. The van der Waals surface area contributed by atoms with Crippen LogP contribution in [0.25, 0.3) is 49.1 Å². The minimum absolute atomic E-state index is 0.00366. The van der Waals surface area contributed by atoms with Crippen molar-refractivity contribution in [2.75, 3.05) is 136 Å². The molecule has 0 bridgehead atoms. The number of phenols is 1. The Morgan fingerprint density at radius 1 is 0.616 bits per heavy atom. The van der Waals surface area contributed by atoms with Crippen molar-refractivity contribution in [3.05, 3.63) is 173 Å². The summed E-state index contributed by atoms with van der Waals surface area (Å²) in [5.74, 6) is 0.632. The Labute approximate surface area is 649 Å². The lowest BCUT2D eigenvalue weighted by atomic mass is 9.94. The average Bonchev–Trinajstić information content (AvgIpc) is 1.51. The summed E-state index contributed by atoms with van der Waals surface area (Å²) in [4.78, 5) is 133. The monoisotopic (exact) mass is 1540 g/mol. The molecule has 1 atom stereocenters. The molecule has 33 heteroatoms. The maximum Gasteiger partial charge on any atom is 0.294 e. The fourth-order valence-electron chi connectivity index (χ4n) is 14.3. The van der Waals surface area contributed by atoms with Crippen molar-refractivity contribution in [1.29, 1.82) is 0 Å². The summed E-state index contributed by atoms with van der Waals surface area (Å²) >= 11 is 6.43. The molecular formula is C79H91ClN22O10. The first kappa shape index (κ1) is 77.9. The molecular weight excluding hydrogens is 1450 g/mol. The van der Waals surface area contributed by atoms with Crippen LogP contribution in [-0.2, 0) is 37.8 Å². The number of aromatic hydroxyl groups is 1. The Hall–Kier alpha value is -12.3. The van der Waals surface area contributed by atoms with Gasteiger partial charge in [0.05, 0.1) is 27.6 Å². The summed E-state index contributed by atoms with van der Waals surface area (Å²) in [5, 5.41) is 37.9. The van der Waals surface area contributed by atoms with Gasteiger partial charge in [-0.25, -0.2) is 24.9 Å². The molecule has 32 nitrogen and oxygen atoms in total. The minimum Gasteiger partial charge on any atom is -0.507 e. The lowest BCUT2D eigenvalue weighted by Crippen LogP contribution is -2.47. The largest absolute Gasteiger partial charge is 0.507 e. The van der Waals surface area contributed by atoms with Gasteiger partial charge in [-0.2, -0.15) is 0 Å². The Balaban J connectivity index is 0.000000196. The maximum atomic E-state index is 13.7. The maximum absolute atomic E-state index is 13.7. The molecule has 12 aromatic rings. The number of alkyl halides is 1. The van der Waals surface area contributed by atoms with Crippen molar-refractivity contribution in [2.24, 2.45) is 28.2 Å². The number of piperazine rings is 1. The van der Waals surface area contributed by atoms with E-state index in [2.05, 4.69) is 82.2 Å². The topological polar surface area (TPSA) is 368 Å². The molecule has 112 heavy (non-hydrogen) atoms. The Morgan fingerprint density at radius 2 is 1.22 bits per heavy atom. The molecule has 1 saturated heterocycles. The van der Waals surface area contributed by atoms with Gasteiger partial charge in [0.15, 0.2) is 28.6 Å². The molecule has 0 aliphatic carbocycles. The lowest BCUT2D eigenvalue weighted by molar-refractivity contribution is -0.121. The van der Waals surface area contributed by atoms with Crippen molar-refractivity contribution in [2.45, 2.75) is 51.9 Å². The highest BCUT2D eigenvalue weighted by Crippen LogP contribution is 2.46. The summed E-state index contributed by atoms with van der Waals surface area (Å²) in [6.07, 6.45) is 11.9. The SMILES string of the molecule is CC(=O)Nc1cn(C)c(C(=O)NCCC(=O)NCCCN(C)CCCNC(=O)c2ccc3c(O)cc4c(c3c2)C(CCl)CN4C(=O)c2cc3ccccc3o2)n1.Cc1nc(NC(=O)c2nc(NC(=O)c3nc(NCCCN4CCN(CCCNc5ccc6ncn7c8ccccc8c(=O)c5c67)CC4)cn3C)cn2C)cn1C. The van der Waals surface area contributed by atoms with Gasteiger partial charge >= 0.3 is 0 Å². The van der Waals surface area contributed by atoms with Crippen molar-refractivity contribution in [3.8, 4) is 5.75 Å². The van der Waals surface area contributed by atoms with Crippen molar-refractivity contribution in [1.82, 2.24) is 78.2 Å². The molecule has 9 heterocycles. The second-order valence-corrected chi connectivity index (χ2v) is 28.6. The third-order valence-corrected chi connectivity index (χ3v) is 20.5. The second-order valence-electron chi connectivity index (χ2n) is 28.2. The van der Waals surface area contributed by atoms with E-state index in [1.54, 1.807) is 101 Å². The zero-order valence-electron chi connectivity index (χ0n) is 63.5. The molecule has 9 N–H and O–H groups in total. The van der Waals surface area contributed by atoms with E-state index in [0.717, 1.165) is 124 Å². The highest BCUT2D eigenvalue weighted by Gasteiger charge is 2.37. The van der Waals surface area contributed by atoms with Gasteiger partial charge in [0.1, 0.15) is 29.3 Å². The number of carbonyl (C=O) groups excluding carboxylic acids is 7. The Kier molecular flexibility index (Phi) is 24.2. The lowest BCUT2D eigenvalue weighted by Gasteiger charge is -2.34. The number of pyridine rings is 1. The predicted molar refractivity (Wildman–Crippen MR) is 431 cm³/mol. The number of para-hydroxylation sites is 2. The number of fused-ring (bicyclic) bond motifs is 6. The van der Waals surface area contributed by atoms with Gasteiger partial charge in [-0.1, -0.05) is 30.3 Å². The molecule has 2 aliphatic heterocycles. The summed E-state index contributed by atoms with van der Waals surface area (Å²) in [6.45, 7) is 13.5. The number of halogens is 1. The first-order valence-corrected chi connectivity index (χ1v) is 37.8. The molecule has 14 rings (SSSR count). The van der Waals surface area contributed by atoms with E-state index in [-0.39, 0.29) is 94.4 Å². The number of nitrogens with one attached hydrogen (secondary N) is 8. The summed E-state index contributed by atoms with van der Waals surface area (Å²) in [7, 11) is 8.91. The fraction of sp³-hybridized carbons (Fsp3) is 0.354. The number of benzene rings is 5. The van der Waals surface area contributed by atoms with E-state index in [4.69, 9.17) is 16.0 Å². The van der Waals surface area contributed by atoms with Crippen LogP contribution in [-0.4, -0.2) is 213 Å². The van der Waals surface area contributed by atoms with Crippen LogP contribution in [0.5, 0.6) is 5.75 Å². The third-order valence-electron chi connectivity index (χ3n) is 20.1. The zero-order valence-corrected chi connectivity index (χ0v) is 64.3. The Bertz CT molecular complexity index is 5500. The normalized spacial score (nSPS) is 13.8. The molecule has 0 spiro atoms. The molecule has 5 aromatic carbocycles. The van der Waals surface area contributed by atoms with Crippen molar-refractivity contribution in [3.63, 3.8) is 0 Å². The van der Waals surface area contributed by atoms with Crippen LogP contribution in [0, 0.1) is 6.92 Å². The van der Waals surface area contributed by atoms with Gasteiger partial charge in [-0.15, -0.1) is 11.6 Å². The van der Waals surface area contributed by atoms with Crippen LogP contribution in [0.2, 0.25) is 0 Å². The molecule has 1 fully saturated rings. The summed E-state index contributed by atoms with van der Waals surface area (Å²) < 4.78 is 14.4. The van der Waals surface area contributed by atoms with E-state index >= 15 is 0 Å². The zero-order chi connectivity index (χ0) is 78.9. The summed E-state index contributed by atoms with van der Waals surface area (Å²) in [5.41, 5.74) is 5.85. The van der Waals surface area contributed by atoms with Gasteiger partial charge in [0, 0.05) is 177 Å². The summed E-state index contributed by atoms with van der Waals surface area (Å²) in [6, 6.07) is 27.5. The smallest absolute Gasteiger partial charge is 0.294 e. The van der Waals surface area contributed by atoms with E-state index in [9.17, 15) is 43.5 Å². The fourth-order valence-corrected chi connectivity index (χ4v) is 14.5. The number of rotatable bonds is 30. The quantitative estimate of drug-likeness (QED) is 0.0118. The van der Waals surface area contributed by atoms with Crippen LogP contribution < -0.4 is 52.9 Å². The second kappa shape index (κ2) is 34.8. The number of aromatic nitrogens is 10. The number of hydrogen-bond acceptors (Lipinski definition) is 20. The number of nitrogens with zero attached hydrogens (tertiary/aromatic N) is 14. The molecule has 0 saturated carbocycles. The van der Waals surface area contributed by atoms with Crippen LogP contribution in [0.4, 0.5) is 34.6 Å².